The van der Waals surface area contributed by atoms with Crippen LogP contribution in [0.5, 0.6) is 0 Å². The molecule has 0 aliphatic carbocycles. The molecule has 0 saturated heterocycles. The van der Waals surface area contributed by atoms with E-state index in [1.165, 1.54) is 44.4 Å². The molecule has 0 spiro atoms. The molecule has 0 aromatic heterocycles. The molecule has 0 unspecified atom stereocenters. The van der Waals surface area contributed by atoms with E-state index in [1.807, 2.05) is 0 Å². The van der Waals surface area contributed by atoms with Crippen LogP contribution in [0.3, 0.4) is 0 Å². The van der Waals surface area contributed by atoms with Crippen LogP contribution in [0.15, 0.2) is 18.2 Å². The number of hydrogen-bond donors (Lipinski definition) is 2. The fourth-order valence-electron chi connectivity index (χ4n) is 2.02. The summed E-state index contributed by atoms with van der Waals surface area (Å²) in [5.41, 5.74) is 5.70. The summed E-state index contributed by atoms with van der Waals surface area (Å²) in [6.07, 6.45) is -0.662. The Morgan fingerprint density at radius 3 is 2.38 bits per heavy atom. The maximum Gasteiger partial charge on any atom is 0.322 e. The third kappa shape index (κ3) is 6.51. The molecule has 0 aliphatic heterocycles. The number of urea groups is 1. The molecular formula is C16H22ClN3O6. The lowest BCUT2D eigenvalue weighted by Crippen LogP contribution is -2.42. The van der Waals surface area contributed by atoms with Crippen molar-refractivity contribution in [2.75, 3.05) is 39.7 Å². The lowest BCUT2D eigenvalue weighted by atomic mass is 10.2. The highest BCUT2D eigenvalue weighted by Crippen LogP contribution is 2.21. The zero-order valence-electron chi connectivity index (χ0n) is 14.8. The van der Waals surface area contributed by atoms with Gasteiger partial charge in [0.05, 0.1) is 30.7 Å². The van der Waals surface area contributed by atoms with Gasteiger partial charge < -0.3 is 30.2 Å². The van der Waals surface area contributed by atoms with E-state index in [-0.39, 0.29) is 30.1 Å². The Hall–Kier alpha value is -2.36. The lowest BCUT2D eigenvalue weighted by molar-refractivity contribution is -0.141. The number of hydrogen-bond acceptors (Lipinski definition) is 6. The first kappa shape index (κ1) is 21.7. The van der Waals surface area contributed by atoms with Crippen molar-refractivity contribution in [1.29, 1.82) is 0 Å². The van der Waals surface area contributed by atoms with Gasteiger partial charge in [-0.25, -0.2) is 4.79 Å². The number of nitrogens with one attached hydrogen (secondary N) is 1. The molecule has 0 saturated carbocycles. The van der Waals surface area contributed by atoms with Crippen molar-refractivity contribution in [2.24, 2.45) is 5.73 Å². The van der Waals surface area contributed by atoms with Crippen molar-refractivity contribution < 1.29 is 28.6 Å². The third-order valence-electron chi connectivity index (χ3n) is 3.48. The van der Waals surface area contributed by atoms with Gasteiger partial charge in [-0.2, -0.15) is 0 Å². The van der Waals surface area contributed by atoms with Crippen molar-refractivity contribution in [3.8, 4) is 0 Å². The summed E-state index contributed by atoms with van der Waals surface area (Å²) in [6, 6.07) is 3.80. The van der Waals surface area contributed by atoms with Crippen LogP contribution in [0.25, 0.3) is 0 Å². The molecule has 0 heterocycles. The van der Waals surface area contributed by atoms with Gasteiger partial charge in [0.15, 0.2) is 6.29 Å². The number of esters is 1. The largest absolute Gasteiger partial charge is 0.469 e. The zero-order chi connectivity index (χ0) is 19.7. The summed E-state index contributed by atoms with van der Waals surface area (Å²) in [5, 5.41) is 2.75. The molecule has 0 fully saturated rings. The molecule has 0 radical (unpaired) electrons. The molecule has 1 aromatic carbocycles. The fraction of sp³-hybridized carbons (Fsp3) is 0.438. The number of amides is 3. The Bertz CT molecular complexity index is 651. The first-order valence-electron chi connectivity index (χ1n) is 7.60. The number of carbonyl (C=O) groups is 3. The number of halogens is 1. The molecule has 0 aliphatic rings. The topological polar surface area (TPSA) is 120 Å². The summed E-state index contributed by atoms with van der Waals surface area (Å²) in [7, 11) is 4.14. The average Bonchev–Trinajstić information content (AvgIpc) is 2.61. The smallest absolute Gasteiger partial charge is 0.322 e. The minimum atomic E-state index is -0.671. The van der Waals surface area contributed by atoms with Crippen LogP contribution in [0, 0.1) is 0 Å². The SMILES string of the molecule is COC(=O)CCN(CC(OC)OC)C(=O)Nc1ccc(C(N)=O)c(Cl)c1. The van der Waals surface area contributed by atoms with Gasteiger partial charge in [-0.1, -0.05) is 11.6 Å². The summed E-state index contributed by atoms with van der Waals surface area (Å²) in [4.78, 5) is 36.4. The number of benzene rings is 1. The highest BCUT2D eigenvalue weighted by Gasteiger charge is 2.20. The van der Waals surface area contributed by atoms with Crippen molar-refractivity contribution in [2.45, 2.75) is 12.7 Å². The highest BCUT2D eigenvalue weighted by molar-refractivity contribution is 6.34. The van der Waals surface area contributed by atoms with Gasteiger partial charge >= 0.3 is 12.0 Å². The van der Waals surface area contributed by atoms with Gasteiger partial charge in [-0.15, -0.1) is 0 Å². The zero-order valence-corrected chi connectivity index (χ0v) is 15.5. The Kier molecular flexibility index (Phi) is 8.83. The second kappa shape index (κ2) is 10.6. The molecule has 10 heteroatoms. The number of carbonyl (C=O) groups excluding carboxylic acids is 3. The van der Waals surface area contributed by atoms with Gasteiger partial charge in [0, 0.05) is 26.5 Å². The third-order valence-corrected chi connectivity index (χ3v) is 3.79. The van der Waals surface area contributed by atoms with Crippen molar-refractivity contribution in [3.63, 3.8) is 0 Å². The van der Waals surface area contributed by atoms with Crippen LogP contribution in [-0.2, 0) is 19.0 Å². The maximum absolute atomic E-state index is 12.5. The van der Waals surface area contributed by atoms with Crippen LogP contribution < -0.4 is 11.1 Å². The minimum Gasteiger partial charge on any atom is -0.469 e. The summed E-state index contributed by atoms with van der Waals surface area (Å²) in [5.74, 6) is -1.13. The second-order valence-corrected chi connectivity index (χ2v) is 5.57. The number of methoxy groups -OCH3 is 3. The fourth-order valence-corrected chi connectivity index (χ4v) is 2.30. The Morgan fingerprint density at radius 1 is 1.23 bits per heavy atom. The summed E-state index contributed by atoms with van der Waals surface area (Å²) < 4.78 is 14.8. The minimum absolute atomic E-state index is 0.00539. The van der Waals surface area contributed by atoms with Crippen molar-refractivity contribution in [3.05, 3.63) is 28.8 Å². The van der Waals surface area contributed by atoms with Gasteiger partial charge in [0.2, 0.25) is 5.91 Å². The standard InChI is InChI=1S/C16H22ClN3O6/c1-24-13(21)6-7-20(9-14(25-2)26-3)16(23)19-10-4-5-11(15(18)22)12(17)8-10/h4-5,8,14H,6-7,9H2,1-3H3,(H2,18,22)(H,19,23). The number of nitrogens with zero attached hydrogens (tertiary/aromatic N) is 1. The van der Waals surface area contributed by atoms with Crippen LogP contribution in [0.2, 0.25) is 5.02 Å². The van der Waals surface area contributed by atoms with Gasteiger partial charge in [0.1, 0.15) is 0 Å². The Morgan fingerprint density at radius 2 is 1.88 bits per heavy atom. The van der Waals surface area contributed by atoms with Crippen molar-refractivity contribution in [1.82, 2.24) is 4.90 Å². The van der Waals surface area contributed by atoms with E-state index in [4.69, 9.17) is 26.8 Å². The quantitative estimate of drug-likeness (QED) is 0.488. The number of nitrogens with two attached hydrogens (primary N) is 1. The first-order chi connectivity index (χ1) is 12.3. The monoisotopic (exact) mass is 387 g/mol. The molecule has 3 amide bonds. The van der Waals surface area contributed by atoms with Crippen LogP contribution in [0.1, 0.15) is 16.8 Å². The number of anilines is 1. The highest BCUT2D eigenvalue weighted by atomic mass is 35.5. The first-order valence-corrected chi connectivity index (χ1v) is 7.97. The second-order valence-electron chi connectivity index (χ2n) is 5.16. The molecule has 9 nitrogen and oxygen atoms in total. The molecule has 0 bridgehead atoms. The van der Waals surface area contributed by atoms with Gasteiger partial charge in [-0.05, 0) is 18.2 Å². The number of primary amides is 1. The molecule has 1 rings (SSSR count). The predicted molar refractivity (Wildman–Crippen MR) is 95.0 cm³/mol. The molecular weight excluding hydrogens is 366 g/mol. The van der Waals surface area contributed by atoms with Gasteiger partial charge in [-0.3, -0.25) is 9.59 Å². The average molecular weight is 388 g/mol. The molecule has 26 heavy (non-hydrogen) atoms. The van der Waals surface area contributed by atoms with Crippen molar-refractivity contribution >= 4 is 35.2 Å². The van der Waals surface area contributed by atoms with E-state index < -0.39 is 24.2 Å². The normalized spacial score (nSPS) is 10.5. The van der Waals surface area contributed by atoms with Crippen LogP contribution in [0.4, 0.5) is 10.5 Å². The van der Waals surface area contributed by atoms with E-state index in [0.717, 1.165) is 0 Å². The van der Waals surface area contributed by atoms with Crippen LogP contribution >= 0.6 is 11.6 Å². The lowest BCUT2D eigenvalue weighted by Gasteiger charge is -2.26. The molecule has 0 atom stereocenters. The van der Waals surface area contributed by atoms with Crippen LogP contribution in [-0.4, -0.2) is 63.5 Å². The summed E-state index contributed by atoms with van der Waals surface area (Å²) in [6.45, 7) is 0.178. The Balaban J connectivity index is 2.87. The van der Waals surface area contributed by atoms with E-state index in [2.05, 4.69) is 10.1 Å². The van der Waals surface area contributed by atoms with Gasteiger partial charge in [0.25, 0.3) is 0 Å². The molecule has 144 valence electrons. The van der Waals surface area contributed by atoms with E-state index >= 15 is 0 Å². The number of ether oxygens (including phenoxy) is 3. The number of rotatable bonds is 9. The predicted octanol–water partition coefficient (Wildman–Crippen LogP) is 1.45. The van der Waals surface area contributed by atoms with E-state index in [0.29, 0.717) is 5.69 Å². The van der Waals surface area contributed by atoms with E-state index in [9.17, 15) is 14.4 Å². The maximum atomic E-state index is 12.5. The molecule has 1 aromatic rings. The summed E-state index contributed by atoms with van der Waals surface area (Å²) >= 11 is 5.97. The van der Waals surface area contributed by atoms with E-state index in [1.54, 1.807) is 0 Å². The Labute approximate surface area is 156 Å². The molecule has 3 N–H and O–H groups in total.